The normalized spacial score (nSPS) is 16.9. The van der Waals surface area contributed by atoms with Crippen LogP contribution in [0.5, 0.6) is 0 Å². The van der Waals surface area contributed by atoms with Crippen LogP contribution in [0.25, 0.3) is 0 Å². The second-order valence-electron chi connectivity index (χ2n) is 7.02. The van der Waals surface area contributed by atoms with Gasteiger partial charge in [-0.25, -0.2) is 9.78 Å². The fourth-order valence-corrected chi connectivity index (χ4v) is 3.65. The Morgan fingerprint density at radius 3 is 2.93 bits per heavy atom. The van der Waals surface area contributed by atoms with E-state index in [2.05, 4.69) is 4.98 Å². The number of carbonyl (C=O) groups excluding carboxylic acids is 1. The molecule has 28 heavy (non-hydrogen) atoms. The summed E-state index contributed by atoms with van der Waals surface area (Å²) < 4.78 is 7.62. The molecule has 3 heterocycles. The number of amides is 1. The minimum Gasteiger partial charge on any atom is -0.478 e. The van der Waals surface area contributed by atoms with E-state index in [0.717, 1.165) is 18.4 Å². The van der Waals surface area contributed by atoms with Crippen LogP contribution in [0, 0.1) is 0 Å². The Morgan fingerprint density at radius 1 is 1.25 bits per heavy atom. The highest BCUT2D eigenvalue weighted by Crippen LogP contribution is 2.28. The van der Waals surface area contributed by atoms with E-state index in [-0.39, 0.29) is 17.4 Å². The summed E-state index contributed by atoms with van der Waals surface area (Å²) in [6.45, 7) is 1.75. The summed E-state index contributed by atoms with van der Waals surface area (Å²) in [5.41, 5.74) is 1.23. The van der Waals surface area contributed by atoms with Crippen molar-refractivity contribution in [1.29, 1.82) is 0 Å². The number of piperidine rings is 1. The Balaban J connectivity index is 1.45. The van der Waals surface area contributed by atoms with Crippen LogP contribution in [0.4, 0.5) is 0 Å². The van der Waals surface area contributed by atoms with E-state index < -0.39 is 5.97 Å². The van der Waals surface area contributed by atoms with Gasteiger partial charge in [0.15, 0.2) is 5.76 Å². The van der Waals surface area contributed by atoms with Gasteiger partial charge in [-0.1, -0.05) is 12.1 Å². The Morgan fingerprint density at radius 2 is 2.14 bits per heavy atom. The number of carboxylic acid groups (broad SMARTS) is 1. The first-order chi connectivity index (χ1) is 13.6. The topological polar surface area (TPSA) is 88.6 Å². The zero-order valence-corrected chi connectivity index (χ0v) is 15.3. The minimum atomic E-state index is -0.938. The van der Waals surface area contributed by atoms with Gasteiger partial charge in [0.25, 0.3) is 5.91 Å². The number of rotatable bonds is 5. The Kier molecular flexibility index (Phi) is 4.97. The number of hydrogen-bond donors (Lipinski definition) is 1. The van der Waals surface area contributed by atoms with Gasteiger partial charge in [-0.2, -0.15) is 0 Å². The van der Waals surface area contributed by atoms with Gasteiger partial charge in [0, 0.05) is 31.4 Å². The monoisotopic (exact) mass is 379 g/mol. The molecule has 0 radical (unpaired) electrons. The summed E-state index contributed by atoms with van der Waals surface area (Å²) >= 11 is 0. The number of likely N-dealkylation sites (tertiary alicyclic amines) is 1. The number of hydrogen-bond acceptors (Lipinski definition) is 4. The van der Waals surface area contributed by atoms with Gasteiger partial charge in [0.2, 0.25) is 0 Å². The fourth-order valence-electron chi connectivity index (χ4n) is 3.65. The van der Waals surface area contributed by atoms with Crippen LogP contribution in [0.3, 0.4) is 0 Å². The zero-order chi connectivity index (χ0) is 19.5. The van der Waals surface area contributed by atoms with Crippen molar-refractivity contribution in [2.45, 2.75) is 25.3 Å². The summed E-state index contributed by atoms with van der Waals surface area (Å²) in [6.07, 6.45) is 7.03. The number of aromatic carboxylic acids is 1. The van der Waals surface area contributed by atoms with Crippen molar-refractivity contribution in [3.63, 3.8) is 0 Å². The van der Waals surface area contributed by atoms with Crippen LogP contribution in [-0.4, -0.2) is 44.5 Å². The van der Waals surface area contributed by atoms with Crippen LogP contribution in [-0.2, 0) is 6.54 Å². The van der Waals surface area contributed by atoms with E-state index in [1.54, 1.807) is 41.7 Å². The Hall–Kier alpha value is -3.35. The van der Waals surface area contributed by atoms with Gasteiger partial charge in [0.1, 0.15) is 5.76 Å². The molecule has 7 nitrogen and oxygen atoms in total. The van der Waals surface area contributed by atoms with E-state index in [4.69, 9.17) is 4.42 Å². The summed E-state index contributed by atoms with van der Waals surface area (Å²) in [7, 11) is 0. The average molecular weight is 379 g/mol. The van der Waals surface area contributed by atoms with E-state index >= 15 is 0 Å². The van der Waals surface area contributed by atoms with E-state index in [0.29, 0.717) is 31.2 Å². The molecule has 1 unspecified atom stereocenters. The third-order valence-corrected chi connectivity index (χ3v) is 5.08. The van der Waals surface area contributed by atoms with Crippen LogP contribution in [0.2, 0.25) is 0 Å². The van der Waals surface area contributed by atoms with Crippen molar-refractivity contribution in [2.24, 2.45) is 0 Å². The second kappa shape index (κ2) is 7.72. The van der Waals surface area contributed by atoms with Gasteiger partial charge in [-0.3, -0.25) is 4.79 Å². The van der Waals surface area contributed by atoms with Gasteiger partial charge >= 0.3 is 5.97 Å². The number of nitrogens with zero attached hydrogens (tertiary/aromatic N) is 3. The van der Waals surface area contributed by atoms with Crippen LogP contribution < -0.4 is 0 Å². The molecule has 0 saturated carbocycles. The van der Waals surface area contributed by atoms with Crippen LogP contribution in [0.1, 0.15) is 51.0 Å². The van der Waals surface area contributed by atoms with Crippen molar-refractivity contribution < 1.29 is 19.1 Å². The number of benzene rings is 1. The molecule has 1 aromatic carbocycles. The third kappa shape index (κ3) is 3.83. The molecule has 0 spiro atoms. The molecule has 1 amide bonds. The zero-order valence-electron chi connectivity index (χ0n) is 15.3. The van der Waals surface area contributed by atoms with E-state index in [1.807, 2.05) is 22.9 Å². The molecule has 1 atom stereocenters. The number of imidazole rings is 1. The van der Waals surface area contributed by atoms with Crippen LogP contribution >= 0.6 is 0 Å². The molecule has 1 saturated heterocycles. The summed E-state index contributed by atoms with van der Waals surface area (Å²) in [4.78, 5) is 29.9. The number of furan rings is 1. The highest BCUT2D eigenvalue weighted by Gasteiger charge is 2.27. The number of carboxylic acids is 1. The lowest BCUT2D eigenvalue weighted by Gasteiger charge is -2.32. The van der Waals surface area contributed by atoms with Crippen molar-refractivity contribution in [1.82, 2.24) is 14.5 Å². The molecule has 1 fully saturated rings. The average Bonchev–Trinajstić information content (AvgIpc) is 3.40. The predicted octanol–water partition coefficient (Wildman–Crippen LogP) is 3.24. The lowest BCUT2D eigenvalue weighted by molar-refractivity contribution is 0.0667. The molecule has 7 heteroatoms. The third-order valence-electron chi connectivity index (χ3n) is 5.08. The summed E-state index contributed by atoms with van der Waals surface area (Å²) in [6, 6.07) is 10.5. The summed E-state index contributed by atoms with van der Waals surface area (Å²) in [5.74, 6) is 0.0825. The lowest BCUT2D eigenvalue weighted by Crippen LogP contribution is -2.39. The van der Waals surface area contributed by atoms with Crippen LogP contribution in [0.15, 0.2) is 59.5 Å². The Labute approximate surface area is 162 Å². The summed E-state index contributed by atoms with van der Waals surface area (Å²) in [5, 5.41) is 9.21. The maximum absolute atomic E-state index is 12.9. The minimum absolute atomic E-state index is 0.123. The lowest BCUT2D eigenvalue weighted by atomic mass is 9.89. The first-order valence-electron chi connectivity index (χ1n) is 9.27. The molecule has 1 N–H and O–H groups in total. The van der Waals surface area contributed by atoms with E-state index in [9.17, 15) is 14.7 Å². The standard InChI is InChI=1S/C21H21N3O4/c25-20(19-7-6-18(28-19)13-23-10-8-22-14-23)24-9-2-5-17(12-24)15-3-1-4-16(11-15)21(26)27/h1,3-4,6-8,10-11,14,17H,2,5,9,12-13H2,(H,26,27). The number of carbonyl (C=O) groups is 2. The van der Waals surface area contributed by atoms with Gasteiger partial charge in [0.05, 0.1) is 18.4 Å². The molecular weight excluding hydrogens is 358 g/mol. The Bertz CT molecular complexity index is 977. The molecule has 144 valence electrons. The largest absolute Gasteiger partial charge is 0.478 e. The van der Waals surface area contributed by atoms with Crippen molar-refractivity contribution in [3.8, 4) is 0 Å². The smallest absolute Gasteiger partial charge is 0.335 e. The molecule has 0 bridgehead atoms. The molecule has 2 aromatic heterocycles. The second-order valence-corrected chi connectivity index (χ2v) is 7.02. The maximum Gasteiger partial charge on any atom is 0.335 e. The molecule has 1 aliphatic rings. The predicted molar refractivity (Wildman–Crippen MR) is 101 cm³/mol. The van der Waals surface area contributed by atoms with Gasteiger partial charge < -0.3 is 19.0 Å². The highest BCUT2D eigenvalue weighted by molar-refractivity contribution is 5.91. The van der Waals surface area contributed by atoms with Gasteiger partial charge in [-0.15, -0.1) is 0 Å². The molecule has 4 rings (SSSR count). The molecule has 3 aromatic rings. The molecule has 0 aliphatic carbocycles. The van der Waals surface area contributed by atoms with E-state index in [1.165, 1.54) is 0 Å². The first-order valence-corrected chi connectivity index (χ1v) is 9.27. The van der Waals surface area contributed by atoms with Crippen molar-refractivity contribution in [2.75, 3.05) is 13.1 Å². The SMILES string of the molecule is O=C(O)c1cccc(C2CCCN(C(=O)c3ccc(Cn4ccnc4)o3)C2)c1. The highest BCUT2D eigenvalue weighted by atomic mass is 16.4. The first kappa shape index (κ1) is 18.0. The molecular formula is C21H21N3O4. The van der Waals surface area contributed by atoms with Crippen molar-refractivity contribution in [3.05, 3.63) is 77.8 Å². The number of aromatic nitrogens is 2. The maximum atomic E-state index is 12.9. The fraction of sp³-hybridized carbons (Fsp3) is 0.286. The quantitative estimate of drug-likeness (QED) is 0.735. The van der Waals surface area contributed by atoms with Gasteiger partial charge in [-0.05, 0) is 42.7 Å². The molecule has 1 aliphatic heterocycles. The van der Waals surface area contributed by atoms with Crippen molar-refractivity contribution >= 4 is 11.9 Å².